The molecule has 0 saturated carbocycles. The van der Waals surface area contributed by atoms with Crippen molar-refractivity contribution in [2.24, 2.45) is 0 Å². The molecule has 1 aromatic rings. The van der Waals surface area contributed by atoms with Gasteiger partial charge in [-0.25, -0.2) is 8.42 Å². The fourth-order valence-corrected chi connectivity index (χ4v) is 6.98. The zero-order chi connectivity index (χ0) is 14.3. The lowest BCUT2D eigenvalue weighted by molar-refractivity contribution is 0.555. The lowest BCUT2D eigenvalue weighted by atomic mass is 10.2. The first-order valence-electron chi connectivity index (χ1n) is 6.44. The molecule has 19 heavy (non-hydrogen) atoms. The number of halogens is 1. The number of hydrogen-bond acceptors (Lipinski definition) is 2. The average molecular weight is 362 g/mol. The Morgan fingerprint density at radius 1 is 1.37 bits per heavy atom. The lowest BCUT2D eigenvalue weighted by Crippen LogP contribution is -2.26. The molecule has 1 fully saturated rings. The summed E-state index contributed by atoms with van der Waals surface area (Å²) in [4.78, 5) is 0. The monoisotopic (exact) mass is 361 g/mol. The first kappa shape index (κ1) is 15.2. The van der Waals surface area contributed by atoms with E-state index >= 15 is 0 Å². The molecule has 2 rings (SSSR count). The molecule has 1 aliphatic rings. The molecule has 0 radical (unpaired) electrons. The molecule has 106 valence electrons. The zero-order valence-corrected chi connectivity index (χ0v) is 15.0. The minimum Gasteiger partial charge on any atom is -0.212 e. The number of nitrogens with zero attached hydrogens (tertiary/aromatic N) is 1. The van der Waals surface area contributed by atoms with Crippen LogP contribution in [0, 0.1) is 0 Å². The van der Waals surface area contributed by atoms with Gasteiger partial charge in [0, 0.05) is 19.1 Å². The highest BCUT2D eigenvalue weighted by Crippen LogP contribution is 2.39. The highest BCUT2D eigenvalue weighted by Gasteiger charge is 2.44. The predicted octanol–water partition coefficient (Wildman–Crippen LogP) is 3.47. The Morgan fingerprint density at radius 3 is 2.63 bits per heavy atom. The topological polar surface area (TPSA) is 37.1 Å². The van der Waals surface area contributed by atoms with Gasteiger partial charge in [-0.3, -0.25) is 0 Å². The summed E-state index contributed by atoms with van der Waals surface area (Å²) in [6, 6.07) is 8.77. The van der Waals surface area contributed by atoms with E-state index in [0.717, 1.165) is 16.1 Å². The van der Waals surface area contributed by atoms with E-state index in [9.17, 15) is 8.42 Å². The number of sulfonamides is 1. The molecule has 0 N–H and O–H groups in total. The third-order valence-electron chi connectivity index (χ3n) is 3.27. The molecule has 0 bridgehead atoms. The van der Waals surface area contributed by atoms with Gasteiger partial charge in [0.25, 0.3) is 0 Å². The SMILES string of the molecule is C[Si](C)(C)CCS(=O)(=O)N1C[C@@H]1c1cccc(Br)c1. The normalized spacial score (nSPS) is 23.4. The smallest absolute Gasteiger partial charge is 0.212 e. The van der Waals surface area contributed by atoms with Crippen LogP contribution in [0.2, 0.25) is 25.7 Å². The first-order valence-corrected chi connectivity index (χ1v) is 12.5. The molecule has 1 aromatic carbocycles. The van der Waals surface area contributed by atoms with Crippen LogP contribution >= 0.6 is 15.9 Å². The molecule has 1 saturated heterocycles. The van der Waals surface area contributed by atoms with E-state index in [-0.39, 0.29) is 6.04 Å². The van der Waals surface area contributed by atoms with Crippen LogP contribution in [0.25, 0.3) is 0 Å². The summed E-state index contributed by atoms with van der Waals surface area (Å²) in [6.45, 7) is 7.24. The Kier molecular flexibility index (Phi) is 4.25. The molecule has 0 aromatic heterocycles. The minimum atomic E-state index is -3.08. The van der Waals surface area contributed by atoms with Gasteiger partial charge in [-0.15, -0.1) is 0 Å². The third-order valence-corrected chi connectivity index (χ3v) is 7.71. The maximum absolute atomic E-state index is 12.2. The van der Waals surface area contributed by atoms with Gasteiger partial charge >= 0.3 is 0 Å². The average Bonchev–Trinajstić information content (AvgIpc) is 3.06. The van der Waals surface area contributed by atoms with E-state index in [1.807, 2.05) is 24.3 Å². The summed E-state index contributed by atoms with van der Waals surface area (Å²) in [5.74, 6) is 0.299. The summed E-state index contributed by atoms with van der Waals surface area (Å²) in [5, 5.41) is 0. The van der Waals surface area contributed by atoms with Crippen molar-refractivity contribution in [2.75, 3.05) is 12.3 Å². The molecule has 2 atom stereocenters. The van der Waals surface area contributed by atoms with E-state index in [2.05, 4.69) is 35.6 Å². The van der Waals surface area contributed by atoms with E-state index in [0.29, 0.717) is 12.3 Å². The first-order chi connectivity index (χ1) is 8.69. The Morgan fingerprint density at radius 2 is 2.05 bits per heavy atom. The minimum absolute atomic E-state index is 0.0455. The standard InChI is InChI=1S/C13H20BrNO2SSi/c1-19(2,3)8-7-18(16,17)15-10-13(15)11-5-4-6-12(14)9-11/h4-6,9,13H,7-8,10H2,1-3H3/t13-,15?/m1/s1. The van der Waals surface area contributed by atoms with Crippen LogP contribution < -0.4 is 0 Å². The lowest BCUT2D eigenvalue weighted by Gasteiger charge is -2.15. The maximum Gasteiger partial charge on any atom is 0.214 e. The van der Waals surface area contributed by atoms with Crippen molar-refractivity contribution >= 4 is 34.0 Å². The molecule has 3 nitrogen and oxygen atoms in total. The van der Waals surface area contributed by atoms with Crippen LogP contribution in [0.5, 0.6) is 0 Å². The summed E-state index contributed by atoms with van der Waals surface area (Å²) in [5.41, 5.74) is 1.07. The highest BCUT2D eigenvalue weighted by molar-refractivity contribution is 9.10. The van der Waals surface area contributed by atoms with Gasteiger partial charge in [0.2, 0.25) is 10.0 Å². The molecule has 0 aliphatic carbocycles. The molecular weight excluding hydrogens is 342 g/mol. The molecule has 1 heterocycles. The van der Waals surface area contributed by atoms with Crippen molar-refractivity contribution in [3.8, 4) is 0 Å². The van der Waals surface area contributed by atoms with Gasteiger partial charge in [-0.05, 0) is 23.7 Å². The predicted molar refractivity (Wildman–Crippen MR) is 85.5 cm³/mol. The third kappa shape index (κ3) is 4.14. The van der Waals surface area contributed by atoms with Gasteiger partial charge in [0.1, 0.15) is 0 Å². The second-order valence-electron chi connectivity index (χ2n) is 6.27. The Bertz CT molecular complexity index is 568. The second-order valence-corrected chi connectivity index (χ2v) is 14.8. The van der Waals surface area contributed by atoms with Crippen molar-refractivity contribution in [3.05, 3.63) is 34.3 Å². The number of benzene rings is 1. The summed E-state index contributed by atoms with van der Waals surface area (Å²) in [7, 11) is -4.39. The highest BCUT2D eigenvalue weighted by atomic mass is 79.9. The second kappa shape index (κ2) is 5.31. The Hall–Kier alpha value is -0.173. The van der Waals surface area contributed by atoms with Crippen LogP contribution in [0.15, 0.2) is 28.7 Å². The van der Waals surface area contributed by atoms with Crippen molar-refractivity contribution in [1.29, 1.82) is 0 Å². The largest absolute Gasteiger partial charge is 0.214 e. The van der Waals surface area contributed by atoms with Gasteiger partial charge in [-0.1, -0.05) is 47.7 Å². The fraction of sp³-hybridized carbons (Fsp3) is 0.538. The molecule has 0 amide bonds. The molecule has 6 heteroatoms. The van der Waals surface area contributed by atoms with Crippen molar-refractivity contribution < 1.29 is 8.42 Å². The summed E-state index contributed by atoms with van der Waals surface area (Å²) >= 11 is 3.42. The Labute approximate surface area is 125 Å². The number of hydrogen-bond donors (Lipinski definition) is 0. The van der Waals surface area contributed by atoms with Crippen LogP contribution in [-0.4, -0.2) is 33.1 Å². The van der Waals surface area contributed by atoms with Gasteiger partial charge in [0.15, 0.2) is 0 Å². The van der Waals surface area contributed by atoms with Crippen LogP contribution in [0.4, 0.5) is 0 Å². The van der Waals surface area contributed by atoms with Crippen molar-refractivity contribution in [3.63, 3.8) is 0 Å². The summed E-state index contributed by atoms with van der Waals surface area (Å²) < 4.78 is 27.1. The van der Waals surface area contributed by atoms with Crippen LogP contribution in [-0.2, 0) is 10.0 Å². The van der Waals surface area contributed by atoms with Gasteiger partial charge < -0.3 is 0 Å². The molecular formula is C13H20BrNO2SSi. The van der Waals surface area contributed by atoms with Crippen molar-refractivity contribution in [2.45, 2.75) is 31.7 Å². The van der Waals surface area contributed by atoms with Crippen molar-refractivity contribution in [1.82, 2.24) is 4.31 Å². The molecule has 1 unspecified atom stereocenters. The van der Waals surface area contributed by atoms with Gasteiger partial charge in [-0.2, -0.15) is 4.31 Å². The maximum atomic E-state index is 12.2. The molecule has 1 aliphatic heterocycles. The van der Waals surface area contributed by atoms with Crippen LogP contribution in [0.3, 0.4) is 0 Å². The Balaban J connectivity index is 2.02. The van der Waals surface area contributed by atoms with E-state index in [1.165, 1.54) is 0 Å². The van der Waals surface area contributed by atoms with E-state index in [1.54, 1.807) is 4.31 Å². The fourth-order valence-electron chi connectivity index (χ4n) is 1.97. The van der Waals surface area contributed by atoms with Crippen LogP contribution in [0.1, 0.15) is 11.6 Å². The van der Waals surface area contributed by atoms with E-state index < -0.39 is 18.1 Å². The van der Waals surface area contributed by atoms with E-state index in [4.69, 9.17) is 0 Å². The quantitative estimate of drug-likeness (QED) is 0.594. The molecule has 0 spiro atoms. The van der Waals surface area contributed by atoms with Gasteiger partial charge in [0.05, 0.1) is 11.8 Å². The number of rotatable bonds is 5. The zero-order valence-electron chi connectivity index (χ0n) is 11.6. The summed E-state index contributed by atoms with van der Waals surface area (Å²) in [6.07, 6.45) is 0.